The lowest BCUT2D eigenvalue weighted by molar-refractivity contribution is -0.116. The molecule has 0 aromatic heterocycles. The van der Waals surface area contributed by atoms with E-state index in [2.05, 4.69) is 24.5 Å². The molecule has 0 bridgehead atoms. The monoisotopic (exact) mass is 288 g/mol. The highest BCUT2D eigenvalue weighted by molar-refractivity contribution is 6.35. The van der Waals surface area contributed by atoms with E-state index in [1.807, 2.05) is 0 Å². The molecule has 1 aromatic carbocycles. The molecule has 1 rings (SSSR count). The number of carbonyl (C=O) groups excluding carboxylic acids is 1. The standard InChI is InChI=1S/C13H18Cl2N2O/c1-3-9(2)16-7-6-13(18)17-12-8-10(14)4-5-11(12)15/h4-5,8-9,16H,3,6-7H2,1-2H3,(H,17,18). The number of hydrogen-bond acceptors (Lipinski definition) is 2. The third-order valence-corrected chi connectivity index (χ3v) is 3.22. The van der Waals surface area contributed by atoms with Crippen molar-refractivity contribution in [3.63, 3.8) is 0 Å². The zero-order chi connectivity index (χ0) is 13.5. The van der Waals surface area contributed by atoms with Crippen LogP contribution < -0.4 is 10.6 Å². The van der Waals surface area contributed by atoms with Gasteiger partial charge in [0.25, 0.3) is 0 Å². The summed E-state index contributed by atoms with van der Waals surface area (Å²) in [6, 6.07) is 5.41. The summed E-state index contributed by atoms with van der Waals surface area (Å²) in [5.74, 6) is -0.0741. The molecule has 0 aliphatic heterocycles. The van der Waals surface area contributed by atoms with E-state index in [0.29, 0.717) is 34.7 Å². The van der Waals surface area contributed by atoms with Crippen LogP contribution in [0, 0.1) is 0 Å². The van der Waals surface area contributed by atoms with Crippen LogP contribution in [0.15, 0.2) is 18.2 Å². The molecule has 1 unspecified atom stereocenters. The maximum atomic E-state index is 11.7. The maximum Gasteiger partial charge on any atom is 0.225 e. The summed E-state index contributed by atoms with van der Waals surface area (Å²) in [7, 11) is 0. The highest BCUT2D eigenvalue weighted by Gasteiger charge is 2.07. The van der Waals surface area contributed by atoms with E-state index in [1.54, 1.807) is 18.2 Å². The summed E-state index contributed by atoms with van der Waals surface area (Å²) in [5.41, 5.74) is 0.553. The van der Waals surface area contributed by atoms with E-state index >= 15 is 0 Å². The Morgan fingerprint density at radius 2 is 2.11 bits per heavy atom. The minimum Gasteiger partial charge on any atom is -0.325 e. The van der Waals surface area contributed by atoms with Crippen LogP contribution in [0.4, 0.5) is 5.69 Å². The van der Waals surface area contributed by atoms with Crippen LogP contribution in [-0.2, 0) is 4.79 Å². The quantitative estimate of drug-likeness (QED) is 0.838. The second-order valence-corrected chi connectivity index (χ2v) is 5.03. The lowest BCUT2D eigenvalue weighted by atomic mass is 10.2. The van der Waals surface area contributed by atoms with Crippen molar-refractivity contribution in [2.24, 2.45) is 0 Å². The van der Waals surface area contributed by atoms with Crippen LogP contribution in [0.25, 0.3) is 0 Å². The van der Waals surface area contributed by atoms with Crippen molar-refractivity contribution >= 4 is 34.8 Å². The molecular weight excluding hydrogens is 271 g/mol. The number of benzene rings is 1. The van der Waals surface area contributed by atoms with Crippen molar-refractivity contribution in [3.05, 3.63) is 28.2 Å². The molecule has 0 saturated carbocycles. The minimum absolute atomic E-state index is 0.0741. The Morgan fingerprint density at radius 3 is 2.78 bits per heavy atom. The molecule has 0 spiro atoms. The van der Waals surface area contributed by atoms with Crippen molar-refractivity contribution in [1.82, 2.24) is 5.32 Å². The third kappa shape index (κ3) is 5.25. The normalized spacial score (nSPS) is 12.2. The number of anilines is 1. The molecular formula is C13H18Cl2N2O. The van der Waals surface area contributed by atoms with Crippen molar-refractivity contribution in [3.8, 4) is 0 Å². The van der Waals surface area contributed by atoms with Crippen molar-refractivity contribution < 1.29 is 4.79 Å². The number of nitrogens with one attached hydrogen (secondary N) is 2. The molecule has 5 heteroatoms. The zero-order valence-corrected chi connectivity index (χ0v) is 12.1. The summed E-state index contributed by atoms with van der Waals surface area (Å²) in [6.45, 7) is 4.84. The van der Waals surface area contributed by atoms with Crippen LogP contribution in [-0.4, -0.2) is 18.5 Å². The largest absolute Gasteiger partial charge is 0.325 e. The smallest absolute Gasteiger partial charge is 0.225 e. The predicted octanol–water partition coefficient (Wildman–Crippen LogP) is 3.71. The van der Waals surface area contributed by atoms with Gasteiger partial charge in [0.2, 0.25) is 5.91 Å². The first kappa shape index (κ1) is 15.3. The molecule has 100 valence electrons. The molecule has 1 aromatic rings. The first-order chi connectivity index (χ1) is 8.52. The van der Waals surface area contributed by atoms with Crippen LogP contribution in [0.2, 0.25) is 10.0 Å². The maximum absolute atomic E-state index is 11.7. The molecule has 0 aliphatic rings. The third-order valence-electron chi connectivity index (χ3n) is 2.66. The molecule has 3 nitrogen and oxygen atoms in total. The fourth-order valence-corrected chi connectivity index (χ4v) is 1.72. The summed E-state index contributed by atoms with van der Waals surface area (Å²) >= 11 is 11.8. The van der Waals surface area contributed by atoms with Crippen molar-refractivity contribution in [2.45, 2.75) is 32.7 Å². The molecule has 0 fully saturated rings. The van der Waals surface area contributed by atoms with E-state index in [0.717, 1.165) is 6.42 Å². The van der Waals surface area contributed by atoms with Gasteiger partial charge >= 0.3 is 0 Å². The Kier molecular flexibility index (Phi) is 6.47. The Hall–Kier alpha value is -0.770. The molecule has 18 heavy (non-hydrogen) atoms. The van der Waals surface area contributed by atoms with E-state index in [-0.39, 0.29) is 5.91 Å². The van der Waals surface area contributed by atoms with E-state index in [4.69, 9.17) is 23.2 Å². The van der Waals surface area contributed by atoms with Gasteiger partial charge in [-0.1, -0.05) is 30.1 Å². The Balaban J connectivity index is 2.42. The molecule has 0 radical (unpaired) electrons. The van der Waals surface area contributed by atoms with Gasteiger partial charge in [0, 0.05) is 24.0 Å². The number of rotatable bonds is 6. The van der Waals surface area contributed by atoms with Crippen LogP contribution >= 0.6 is 23.2 Å². The number of carbonyl (C=O) groups is 1. The number of halogens is 2. The van der Waals surface area contributed by atoms with Gasteiger partial charge in [0.1, 0.15) is 0 Å². The first-order valence-electron chi connectivity index (χ1n) is 6.01. The Morgan fingerprint density at radius 1 is 1.39 bits per heavy atom. The first-order valence-corrected chi connectivity index (χ1v) is 6.76. The predicted molar refractivity (Wildman–Crippen MR) is 77.5 cm³/mol. The molecule has 0 saturated heterocycles. The highest BCUT2D eigenvalue weighted by Crippen LogP contribution is 2.25. The number of amides is 1. The van der Waals surface area contributed by atoms with Gasteiger partial charge in [-0.05, 0) is 31.5 Å². The number of hydrogen-bond donors (Lipinski definition) is 2. The zero-order valence-electron chi connectivity index (χ0n) is 10.6. The highest BCUT2D eigenvalue weighted by atomic mass is 35.5. The molecule has 0 heterocycles. The summed E-state index contributed by atoms with van der Waals surface area (Å²) < 4.78 is 0. The topological polar surface area (TPSA) is 41.1 Å². The van der Waals surface area contributed by atoms with E-state index in [1.165, 1.54) is 0 Å². The SMILES string of the molecule is CCC(C)NCCC(=O)Nc1cc(Cl)ccc1Cl. The van der Waals surface area contributed by atoms with Gasteiger partial charge in [0.05, 0.1) is 10.7 Å². The fourth-order valence-electron chi connectivity index (χ4n) is 1.38. The molecule has 1 atom stereocenters. The summed E-state index contributed by atoms with van der Waals surface area (Å²) in [5, 5.41) is 7.04. The van der Waals surface area contributed by atoms with Crippen LogP contribution in [0.3, 0.4) is 0 Å². The average Bonchev–Trinajstić information content (AvgIpc) is 2.33. The van der Waals surface area contributed by atoms with Gasteiger partial charge in [-0.25, -0.2) is 0 Å². The fraction of sp³-hybridized carbons (Fsp3) is 0.462. The van der Waals surface area contributed by atoms with Gasteiger partial charge in [0.15, 0.2) is 0 Å². The summed E-state index contributed by atoms with van der Waals surface area (Å²) in [6.07, 6.45) is 1.45. The van der Waals surface area contributed by atoms with Crippen LogP contribution in [0.1, 0.15) is 26.7 Å². The van der Waals surface area contributed by atoms with Gasteiger partial charge < -0.3 is 10.6 Å². The minimum atomic E-state index is -0.0741. The Labute approximate surface area is 118 Å². The second-order valence-electron chi connectivity index (χ2n) is 4.19. The molecule has 0 aliphatic carbocycles. The lowest BCUT2D eigenvalue weighted by Crippen LogP contribution is -2.28. The van der Waals surface area contributed by atoms with Gasteiger partial charge in [-0.3, -0.25) is 4.79 Å². The van der Waals surface area contributed by atoms with E-state index in [9.17, 15) is 4.79 Å². The van der Waals surface area contributed by atoms with Crippen molar-refractivity contribution in [1.29, 1.82) is 0 Å². The summed E-state index contributed by atoms with van der Waals surface area (Å²) in [4.78, 5) is 11.7. The lowest BCUT2D eigenvalue weighted by Gasteiger charge is -2.11. The van der Waals surface area contributed by atoms with Crippen LogP contribution in [0.5, 0.6) is 0 Å². The van der Waals surface area contributed by atoms with E-state index < -0.39 is 0 Å². The molecule has 1 amide bonds. The van der Waals surface area contributed by atoms with Crippen molar-refractivity contribution in [2.75, 3.05) is 11.9 Å². The average molecular weight is 289 g/mol. The molecule has 2 N–H and O–H groups in total. The van der Waals surface area contributed by atoms with Gasteiger partial charge in [-0.15, -0.1) is 0 Å². The van der Waals surface area contributed by atoms with Gasteiger partial charge in [-0.2, -0.15) is 0 Å². The Bertz CT molecular complexity index is 410. The second kappa shape index (κ2) is 7.62.